The minimum absolute atomic E-state index is 0.125. The zero-order chi connectivity index (χ0) is 24.9. The second-order valence-corrected chi connectivity index (χ2v) is 9.36. The molecule has 3 aromatic rings. The molecule has 1 fully saturated rings. The van der Waals surface area contributed by atoms with Gasteiger partial charge in [0.15, 0.2) is 10.5 Å². The molecule has 0 radical (unpaired) electrons. The van der Waals surface area contributed by atoms with Crippen molar-refractivity contribution in [1.29, 1.82) is 0 Å². The van der Waals surface area contributed by atoms with Crippen LogP contribution >= 0.6 is 35.4 Å². The third kappa shape index (κ3) is 6.05. The third-order valence-corrected chi connectivity index (χ3v) is 6.89. The molecule has 11 heteroatoms. The first kappa shape index (κ1) is 25.2. The van der Waals surface area contributed by atoms with E-state index in [1.807, 2.05) is 18.2 Å². The van der Waals surface area contributed by atoms with Gasteiger partial charge in [0.05, 0.1) is 23.7 Å². The lowest BCUT2D eigenvalue weighted by Gasteiger charge is -2.34. The summed E-state index contributed by atoms with van der Waals surface area (Å²) in [5.41, 5.74) is 2.15. The largest absolute Gasteiger partial charge is 0.464 e. The predicted octanol–water partition coefficient (Wildman–Crippen LogP) is 5.04. The molecule has 0 aliphatic carbocycles. The molecule has 184 valence electrons. The molecule has 35 heavy (non-hydrogen) atoms. The van der Waals surface area contributed by atoms with Crippen LogP contribution in [0.25, 0.3) is 0 Å². The van der Waals surface area contributed by atoms with Crippen molar-refractivity contribution in [2.45, 2.75) is 13.1 Å². The Hall–Kier alpha value is -2.85. The van der Waals surface area contributed by atoms with E-state index >= 15 is 0 Å². The number of amides is 2. The first-order valence-corrected chi connectivity index (χ1v) is 12.2. The van der Waals surface area contributed by atoms with Crippen LogP contribution in [0.3, 0.4) is 0 Å². The Morgan fingerprint density at radius 2 is 1.71 bits per heavy atom. The van der Waals surface area contributed by atoms with Crippen molar-refractivity contribution in [2.24, 2.45) is 0 Å². The van der Waals surface area contributed by atoms with Gasteiger partial charge in [0.1, 0.15) is 5.82 Å². The van der Waals surface area contributed by atoms with Crippen LogP contribution in [0.15, 0.2) is 48.5 Å². The number of carbonyl (C=O) groups is 2. The summed E-state index contributed by atoms with van der Waals surface area (Å²) in [6.45, 7) is 3.72. The fraction of sp³-hybridized carbons (Fsp3) is 0.292. The summed E-state index contributed by atoms with van der Waals surface area (Å²) < 4.78 is 6.79. The summed E-state index contributed by atoms with van der Waals surface area (Å²) >= 11 is 17.6. The van der Waals surface area contributed by atoms with E-state index in [1.165, 1.54) is 12.7 Å². The fourth-order valence-corrected chi connectivity index (χ4v) is 4.56. The number of aromatic amines is 1. The van der Waals surface area contributed by atoms with Crippen LogP contribution < -0.4 is 5.32 Å². The van der Waals surface area contributed by atoms with Crippen LogP contribution in [0.5, 0.6) is 0 Å². The van der Waals surface area contributed by atoms with Crippen molar-refractivity contribution in [3.63, 3.8) is 0 Å². The molecule has 1 aromatic heterocycles. The Morgan fingerprint density at radius 3 is 2.37 bits per heavy atom. The molecule has 0 saturated carbocycles. The minimum atomic E-state index is -0.625. The zero-order valence-corrected chi connectivity index (χ0v) is 21.4. The number of halogens is 2. The topological polar surface area (TPSA) is 82.6 Å². The first-order chi connectivity index (χ1) is 16.9. The van der Waals surface area contributed by atoms with Gasteiger partial charge >= 0.3 is 12.0 Å². The molecule has 0 spiro atoms. The maximum Gasteiger partial charge on any atom is 0.358 e. The minimum Gasteiger partial charge on any atom is -0.464 e. The second-order valence-electron chi connectivity index (χ2n) is 8.16. The summed E-state index contributed by atoms with van der Waals surface area (Å²) in [5.74, 6) is -0.431. The Labute approximate surface area is 218 Å². The smallest absolute Gasteiger partial charge is 0.358 e. The van der Waals surface area contributed by atoms with Crippen molar-refractivity contribution >= 4 is 53.2 Å². The molecule has 8 nitrogen and oxygen atoms in total. The lowest BCUT2D eigenvalue weighted by Crippen LogP contribution is -2.49. The average Bonchev–Trinajstić information content (AvgIpc) is 3.16. The number of nitrogens with zero attached hydrogens (tertiary/aromatic N) is 3. The number of piperazine rings is 1. The number of aromatic nitrogens is 2. The van der Waals surface area contributed by atoms with Gasteiger partial charge in [0.2, 0.25) is 0 Å². The quantitative estimate of drug-likeness (QED) is 0.342. The van der Waals surface area contributed by atoms with E-state index in [2.05, 4.69) is 27.3 Å². The number of rotatable bonds is 6. The second kappa shape index (κ2) is 11.3. The summed E-state index contributed by atoms with van der Waals surface area (Å²) in [6.07, 6.45) is 0. The number of urea groups is 1. The molecular formula is C24H25Cl2N5O3S. The molecule has 0 bridgehead atoms. The summed E-state index contributed by atoms with van der Waals surface area (Å²) in [4.78, 5) is 32.6. The van der Waals surface area contributed by atoms with Gasteiger partial charge in [-0.05, 0) is 35.5 Å². The number of benzene rings is 2. The van der Waals surface area contributed by atoms with Gasteiger partial charge in [0, 0.05) is 32.7 Å². The molecule has 2 heterocycles. The molecule has 2 N–H and O–H groups in total. The number of imidazole rings is 1. The first-order valence-electron chi connectivity index (χ1n) is 11.0. The van der Waals surface area contributed by atoms with Crippen molar-refractivity contribution in [1.82, 2.24) is 19.4 Å². The van der Waals surface area contributed by atoms with Gasteiger partial charge in [0.25, 0.3) is 0 Å². The maximum absolute atomic E-state index is 13.0. The number of nitrogens with one attached hydrogen (secondary N) is 2. The average molecular weight is 534 g/mol. The zero-order valence-electron chi connectivity index (χ0n) is 19.1. The van der Waals surface area contributed by atoms with Crippen LogP contribution in [0.2, 0.25) is 10.0 Å². The lowest BCUT2D eigenvalue weighted by atomic mass is 10.2. The molecule has 1 aliphatic rings. The summed E-state index contributed by atoms with van der Waals surface area (Å²) in [7, 11) is 1.28. The number of esters is 1. The van der Waals surface area contributed by atoms with E-state index in [9.17, 15) is 9.59 Å². The monoisotopic (exact) mass is 533 g/mol. The number of hydrogen-bond acceptors (Lipinski definition) is 5. The maximum atomic E-state index is 13.0. The van der Waals surface area contributed by atoms with Gasteiger partial charge in [-0.3, -0.25) is 10.2 Å². The van der Waals surface area contributed by atoms with Crippen LogP contribution in [0.4, 0.5) is 10.6 Å². The van der Waals surface area contributed by atoms with Crippen LogP contribution in [0.1, 0.15) is 21.6 Å². The molecule has 2 aromatic carbocycles. The summed E-state index contributed by atoms with van der Waals surface area (Å²) in [5, 5.41) is 3.63. The highest BCUT2D eigenvalue weighted by atomic mass is 35.5. The van der Waals surface area contributed by atoms with E-state index in [4.69, 9.17) is 40.2 Å². The Morgan fingerprint density at radius 1 is 1.00 bits per heavy atom. The molecule has 1 saturated heterocycles. The van der Waals surface area contributed by atoms with Crippen LogP contribution in [-0.2, 0) is 17.8 Å². The molecule has 4 rings (SSSR count). The number of methoxy groups -OCH3 is 1. The molecular weight excluding hydrogens is 509 g/mol. The van der Waals surface area contributed by atoms with E-state index < -0.39 is 5.97 Å². The van der Waals surface area contributed by atoms with Crippen molar-refractivity contribution in [3.05, 3.63) is 80.2 Å². The van der Waals surface area contributed by atoms with Crippen LogP contribution in [0, 0.1) is 4.77 Å². The molecule has 2 amide bonds. The standard InChI is InChI=1S/C24H25Cl2N5O3S/c1-34-22(32)20-21(28-24(35)31(20)15-17-7-8-18(25)19(26)13-17)27-23(33)30-11-9-29(10-12-30)14-16-5-3-2-4-6-16/h2-8,13H,9-12,14-15H2,1H3,(H,27,33)(H,28,35). The highest BCUT2D eigenvalue weighted by Crippen LogP contribution is 2.25. The van der Waals surface area contributed by atoms with Gasteiger partial charge in [-0.25, -0.2) is 9.59 Å². The van der Waals surface area contributed by atoms with Gasteiger partial charge in [-0.15, -0.1) is 0 Å². The fourth-order valence-electron chi connectivity index (χ4n) is 3.98. The van der Waals surface area contributed by atoms with E-state index in [-0.39, 0.29) is 28.9 Å². The SMILES string of the molecule is COC(=O)c1c(NC(=O)N2CCN(Cc3ccccc3)CC2)[nH]c(=S)n1Cc1ccc(Cl)c(Cl)c1. The van der Waals surface area contributed by atoms with Gasteiger partial charge < -0.3 is 19.2 Å². The van der Waals surface area contributed by atoms with E-state index in [0.29, 0.717) is 23.1 Å². The Kier molecular flexibility index (Phi) is 8.12. The Bertz CT molecular complexity index is 1270. The van der Waals surface area contributed by atoms with Gasteiger partial charge in [-0.2, -0.15) is 0 Å². The third-order valence-electron chi connectivity index (χ3n) is 5.83. The molecule has 0 atom stereocenters. The Balaban J connectivity index is 1.46. The highest BCUT2D eigenvalue weighted by Gasteiger charge is 2.26. The molecule has 1 aliphatic heterocycles. The van der Waals surface area contributed by atoms with E-state index in [1.54, 1.807) is 27.7 Å². The highest BCUT2D eigenvalue weighted by molar-refractivity contribution is 7.71. The number of anilines is 1. The van der Waals surface area contributed by atoms with Crippen LogP contribution in [-0.4, -0.2) is 64.6 Å². The number of carbonyl (C=O) groups excluding carboxylic acids is 2. The summed E-state index contributed by atoms with van der Waals surface area (Å²) in [6, 6.07) is 15.1. The van der Waals surface area contributed by atoms with Crippen molar-refractivity contribution in [3.8, 4) is 0 Å². The van der Waals surface area contributed by atoms with Crippen molar-refractivity contribution < 1.29 is 14.3 Å². The number of ether oxygens (including phenoxy) is 1. The predicted molar refractivity (Wildman–Crippen MR) is 139 cm³/mol. The molecule has 0 unspecified atom stereocenters. The van der Waals surface area contributed by atoms with E-state index in [0.717, 1.165) is 25.2 Å². The number of H-pyrrole nitrogens is 1. The number of hydrogen-bond donors (Lipinski definition) is 2. The van der Waals surface area contributed by atoms with Crippen molar-refractivity contribution in [2.75, 3.05) is 38.6 Å². The normalized spacial score (nSPS) is 14.1. The van der Waals surface area contributed by atoms with Gasteiger partial charge in [-0.1, -0.05) is 59.6 Å². The lowest BCUT2D eigenvalue weighted by molar-refractivity contribution is 0.0590.